The average Bonchev–Trinajstić information content (AvgIpc) is 2.57. The summed E-state index contributed by atoms with van der Waals surface area (Å²) >= 11 is 0. The van der Waals surface area contributed by atoms with E-state index in [2.05, 4.69) is 12.2 Å². The summed E-state index contributed by atoms with van der Waals surface area (Å²) in [6, 6.07) is 15.0. The highest BCUT2D eigenvalue weighted by Gasteiger charge is 2.42. The number of benzene rings is 2. The van der Waals surface area contributed by atoms with E-state index in [1.54, 1.807) is 19.1 Å². The Morgan fingerprint density at radius 2 is 1.88 bits per heavy atom. The fraction of sp³-hybridized carbons (Fsp3) is 0.300. The Balaban J connectivity index is 1.76. The van der Waals surface area contributed by atoms with Gasteiger partial charge in [-0.05, 0) is 42.7 Å². The molecule has 1 N–H and O–H groups in total. The minimum absolute atomic E-state index is 0.311. The van der Waals surface area contributed by atoms with E-state index in [-0.39, 0.29) is 5.91 Å². The lowest BCUT2D eigenvalue weighted by Gasteiger charge is -2.33. The fourth-order valence-corrected chi connectivity index (χ4v) is 2.97. The topological polar surface area (TPSA) is 55.4 Å². The van der Waals surface area contributed by atoms with Gasteiger partial charge in [0.05, 0.1) is 5.56 Å². The summed E-state index contributed by atoms with van der Waals surface area (Å²) in [6.45, 7) is 3.79. The summed E-state index contributed by atoms with van der Waals surface area (Å²) in [6.07, 6.45) is 2.47. The highest BCUT2D eigenvalue weighted by Crippen LogP contribution is 2.29. The molecule has 2 aromatic carbocycles. The molecule has 1 aliphatic rings. The van der Waals surface area contributed by atoms with Gasteiger partial charge in [-0.1, -0.05) is 43.7 Å². The Hall–Kier alpha value is -2.62. The number of carbonyl (C=O) groups excluding carboxylic acids is 2. The molecule has 0 radical (unpaired) electrons. The number of carbonyl (C=O) groups is 2. The monoisotopic (exact) mass is 323 g/mol. The van der Waals surface area contributed by atoms with Crippen LogP contribution >= 0.6 is 0 Å². The summed E-state index contributed by atoms with van der Waals surface area (Å²) in [5, 5.41) is 2.86. The molecule has 1 heterocycles. The van der Waals surface area contributed by atoms with Crippen molar-refractivity contribution in [1.82, 2.24) is 0 Å². The number of hydrogen-bond acceptors (Lipinski definition) is 3. The van der Waals surface area contributed by atoms with Gasteiger partial charge in [0.1, 0.15) is 0 Å². The van der Waals surface area contributed by atoms with E-state index in [0.717, 1.165) is 18.4 Å². The maximum Gasteiger partial charge on any atom is 0.339 e. The van der Waals surface area contributed by atoms with Gasteiger partial charge in [-0.2, -0.15) is 0 Å². The van der Waals surface area contributed by atoms with Gasteiger partial charge >= 0.3 is 5.97 Å². The number of fused-ring (bicyclic) bond motifs is 1. The molecule has 0 aliphatic carbocycles. The molecule has 1 aliphatic heterocycles. The van der Waals surface area contributed by atoms with Gasteiger partial charge in [0.2, 0.25) is 0 Å². The van der Waals surface area contributed by atoms with E-state index in [0.29, 0.717) is 17.7 Å². The van der Waals surface area contributed by atoms with Crippen molar-refractivity contribution in [3.05, 3.63) is 65.2 Å². The maximum absolute atomic E-state index is 12.7. The van der Waals surface area contributed by atoms with E-state index in [9.17, 15) is 9.59 Å². The lowest BCUT2D eigenvalue weighted by Crippen LogP contribution is -2.48. The number of nitrogens with one attached hydrogen (secondary N) is 1. The van der Waals surface area contributed by atoms with Crippen LogP contribution in [-0.2, 0) is 22.4 Å². The molecule has 3 rings (SSSR count). The van der Waals surface area contributed by atoms with Gasteiger partial charge < -0.3 is 10.1 Å². The third-order valence-corrected chi connectivity index (χ3v) is 4.31. The number of anilines is 1. The van der Waals surface area contributed by atoms with Crippen molar-refractivity contribution in [1.29, 1.82) is 0 Å². The van der Waals surface area contributed by atoms with Crippen LogP contribution in [0.3, 0.4) is 0 Å². The Labute approximate surface area is 141 Å². The van der Waals surface area contributed by atoms with Gasteiger partial charge in [0, 0.05) is 12.1 Å². The predicted molar refractivity (Wildman–Crippen MR) is 93.0 cm³/mol. The number of ether oxygens (including phenoxy) is 1. The quantitative estimate of drug-likeness (QED) is 0.872. The van der Waals surface area contributed by atoms with E-state index < -0.39 is 11.6 Å². The number of esters is 1. The molecule has 0 saturated heterocycles. The first-order chi connectivity index (χ1) is 11.5. The number of hydrogen-bond donors (Lipinski definition) is 1. The van der Waals surface area contributed by atoms with Crippen molar-refractivity contribution >= 4 is 17.6 Å². The maximum atomic E-state index is 12.7. The smallest absolute Gasteiger partial charge is 0.339 e. The number of amides is 1. The van der Waals surface area contributed by atoms with Crippen LogP contribution in [0.1, 0.15) is 41.8 Å². The highest BCUT2D eigenvalue weighted by atomic mass is 16.6. The average molecular weight is 323 g/mol. The first kappa shape index (κ1) is 16.2. The Kier molecular flexibility index (Phi) is 4.38. The second kappa shape index (κ2) is 6.48. The first-order valence-electron chi connectivity index (χ1n) is 8.23. The van der Waals surface area contributed by atoms with Crippen molar-refractivity contribution < 1.29 is 14.3 Å². The van der Waals surface area contributed by atoms with Crippen LogP contribution < -0.4 is 5.32 Å². The standard InChI is InChI=1S/C20H21NO3/c1-3-6-14-9-11-16(12-10-14)21-19(23)20(2)13-15-7-4-5-8-17(15)18(22)24-20/h4-5,7-12H,3,6,13H2,1-2H3,(H,21,23). The summed E-state index contributed by atoms with van der Waals surface area (Å²) in [5.74, 6) is -0.763. The van der Waals surface area contributed by atoms with Crippen molar-refractivity contribution in [3.8, 4) is 0 Å². The summed E-state index contributed by atoms with van der Waals surface area (Å²) in [5.41, 5.74) is 2.11. The van der Waals surface area contributed by atoms with Crippen LogP contribution in [-0.4, -0.2) is 17.5 Å². The SMILES string of the molecule is CCCc1ccc(NC(=O)C2(C)Cc3ccccc3C(=O)O2)cc1. The molecule has 0 spiro atoms. The lowest BCUT2D eigenvalue weighted by molar-refractivity contribution is -0.134. The third kappa shape index (κ3) is 3.18. The second-order valence-electron chi connectivity index (χ2n) is 6.36. The minimum atomic E-state index is -1.20. The van der Waals surface area contributed by atoms with Crippen LogP contribution in [0.2, 0.25) is 0 Å². The molecule has 1 atom stereocenters. The normalized spacial score (nSPS) is 19.3. The van der Waals surface area contributed by atoms with Crippen LogP contribution in [0.25, 0.3) is 0 Å². The zero-order valence-electron chi connectivity index (χ0n) is 14.0. The lowest BCUT2D eigenvalue weighted by atomic mass is 9.89. The van der Waals surface area contributed by atoms with E-state index in [1.807, 2.05) is 36.4 Å². The molecule has 0 aromatic heterocycles. The third-order valence-electron chi connectivity index (χ3n) is 4.31. The van der Waals surface area contributed by atoms with E-state index >= 15 is 0 Å². The van der Waals surface area contributed by atoms with Gasteiger partial charge in [0.25, 0.3) is 5.91 Å². The number of rotatable bonds is 4. The zero-order chi connectivity index (χ0) is 17.2. The molecule has 1 unspecified atom stereocenters. The summed E-state index contributed by atoms with van der Waals surface area (Å²) in [4.78, 5) is 24.8. The molecular formula is C20H21NO3. The molecule has 124 valence electrons. The van der Waals surface area contributed by atoms with Crippen molar-refractivity contribution in [2.45, 2.75) is 38.7 Å². The highest BCUT2D eigenvalue weighted by molar-refractivity contribution is 6.02. The van der Waals surface area contributed by atoms with Gasteiger partial charge in [-0.25, -0.2) is 4.79 Å². The summed E-state index contributed by atoms with van der Waals surface area (Å²) in [7, 11) is 0. The largest absolute Gasteiger partial charge is 0.445 e. The zero-order valence-corrected chi connectivity index (χ0v) is 14.0. The number of cyclic esters (lactones) is 1. The number of aryl methyl sites for hydroxylation is 1. The van der Waals surface area contributed by atoms with Crippen molar-refractivity contribution in [2.24, 2.45) is 0 Å². The molecular weight excluding hydrogens is 302 g/mol. The van der Waals surface area contributed by atoms with Crippen LogP contribution in [0, 0.1) is 0 Å². The Bertz CT molecular complexity index is 767. The van der Waals surface area contributed by atoms with Crippen LogP contribution in [0.15, 0.2) is 48.5 Å². The van der Waals surface area contributed by atoms with Gasteiger partial charge in [0.15, 0.2) is 5.60 Å². The van der Waals surface area contributed by atoms with Crippen LogP contribution in [0.4, 0.5) is 5.69 Å². The molecule has 4 heteroatoms. The molecule has 4 nitrogen and oxygen atoms in total. The Morgan fingerprint density at radius 1 is 1.17 bits per heavy atom. The molecule has 2 aromatic rings. The fourth-order valence-electron chi connectivity index (χ4n) is 2.97. The molecule has 24 heavy (non-hydrogen) atoms. The molecule has 0 fully saturated rings. The van der Waals surface area contributed by atoms with Gasteiger partial charge in [-0.3, -0.25) is 4.79 Å². The summed E-state index contributed by atoms with van der Waals surface area (Å²) < 4.78 is 5.45. The predicted octanol–water partition coefficient (Wildman–Crippen LogP) is 3.75. The van der Waals surface area contributed by atoms with Gasteiger partial charge in [-0.15, -0.1) is 0 Å². The van der Waals surface area contributed by atoms with Crippen molar-refractivity contribution in [3.63, 3.8) is 0 Å². The van der Waals surface area contributed by atoms with Crippen molar-refractivity contribution in [2.75, 3.05) is 5.32 Å². The second-order valence-corrected chi connectivity index (χ2v) is 6.36. The Morgan fingerprint density at radius 3 is 2.58 bits per heavy atom. The van der Waals surface area contributed by atoms with E-state index in [1.165, 1.54) is 5.56 Å². The van der Waals surface area contributed by atoms with Crippen LogP contribution in [0.5, 0.6) is 0 Å². The first-order valence-corrected chi connectivity index (χ1v) is 8.23. The molecule has 0 saturated carbocycles. The molecule has 1 amide bonds. The molecule has 0 bridgehead atoms. The minimum Gasteiger partial charge on any atom is -0.445 e. The van der Waals surface area contributed by atoms with E-state index in [4.69, 9.17) is 4.74 Å².